The van der Waals surface area contributed by atoms with E-state index in [4.69, 9.17) is 5.73 Å². The summed E-state index contributed by atoms with van der Waals surface area (Å²) in [7, 11) is 1.81. The number of ketones is 1. The zero-order chi connectivity index (χ0) is 15.0. The van der Waals surface area contributed by atoms with Gasteiger partial charge in [-0.2, -0.15) is 4.68 Å². The molecule has 0 saturated heterocycles. The lowest BCUT2D eigenvalue weighted by Gasteiger charge is -2.02. The van der Waals surface area contributed by atoms with Gasteiger partial charge in [-0.25, -0.2) is 15.0 Å². The highest BCUT2D eigenvalue weighted by molar-refractivity contribution is 5.83. The van der Waals surface area contributed by atoms with Crippen LogP contribution < -0.4 is 5.73 Å². The second kappa shape index (κ2) is 4.93. The molecule has 2 N–H and O–H groups in total. The van der Waals surface area contributed by atoms with Crippen LogP contribution in [0.5, 0.6) is 0 Å². The maximum absolute atomic E-state index is 11.1. The number of hydrogen-bond acceptors (Lipinski definition) is 7. The Balaban J connectivity index is 2.09. The molecule has 21 heavy (non-hydrogen) atoms. The number of Topliss-reactive ketones (excluding diaryl/α,β-unsaturated/α-hetero) is 1. The molecule has 3 aromatic heterocycles. The summed E-state index contributed by atoms with van der Waals surface area (Å²) in [6, 6.07) is 0. The molecule has 0 fully saturated rings. The van der Waals surface area contributed by atoms with E-state index in [0.29, 0.717) is 41.6 Å². The van der Waals surface area contributed by atoms with Gasteiger partial charge in [0.05, 0.1) is 12.4 Å². The van der Waals surface area contributed by atoms with Gasteiger partial charge in [0.1, 0.15) is 11.6 Å². The van der Waals surface area contributed by atoms with Gasteiger partial charge in [0.15, 0.2) is 17.0 Å². The van der Waals surface area contributed by atoms with Crippen molar-refractivity contribution in [3.8, 4) is 5.95 Å². The van der Waals surface area contributed by atoms with E-state index in [1.54, 1.807) is 17.0 Å². The number of anilines is 1. The summed E-state index contributed by atoms with van der Waals surface area (Å²) in [5.74, 6) is 1.46. The number of carbonyl (C=O) groups is 1. The van der Waals surface area contributed by atoms with Crippen LogP contribution in [0.15, 0.2) is 12.4 Å². The zero-order valence-electron chi connectivity index (χ0n) is 11.7. The maximum atomic E-state index is 11.1. The topological polar surface area (TPSA) is 117 Å². The number of nitrogen functional groups attached to an aromatic ring is 1. The molecule has 0 atom stereocenters. The van der Waals surface area contributed by atoms with Crippen LogP contribution in [0, 0.1) is 0 Å². The van der Waals surface area contributed by atoms with Crippen molar-refractivity contribution >= 4 is 22.8 Å². The number of nitrogens with zero attached hydrogens (tertiary/aromatic N) is 7. The van der Waals surface area contributed by atoms with Gasteiger partial charge in [-0.1, -0.05) is 5.21 Å². The minimum atomic E-state index is 0.0885. The van der Waals surface area contributed by atoms with E-state index in [0.717, 1.165) is 0 Å². The number of imidazole rings is 1. The standard InChI is InChI=1S/C12H14N8O/c1-7(21)3-4-8-15-10(13)9-11(16-8)19(2)12(17-9)20-6-5-14-18-20/h5-6H,3-4H2,1-2H3,(H2,13,15,16). The third kappa shape index (κ3) is 2.33. The highest BCUT2D eigenvalue weighted by Gasteiger charge is 2.16. The van der Waals surface area contributed by atoms with E-state index in [9.17, 15) is 4.79 Å². The van der Waals surface area contributed by atoms with Crippen molar-refractivity contribution in [3.63, 3.8) is 0 Å². The molecule has 0 aliphatic carbocycles. The van der Waals surface area contributed by atoms with E-state index in [1.807, 2.05) is 7.05 Å². The lowest BCUT2D eigenvalue weighted by molar-refractivity contribution is -0.117. The predicted molar refractivity (Wildman–Crippen MR) is 74.6 cm³/mol. The van der Waals surface area contributed by atoms with Gasteiger partial charge in [-0.15, -0.1) is 5.10 Å². The van der Waals surface area contributed by atoms with E-state index in [2.05, 4.69) is 25.3 Å². The van der Waals surface area contributed by atoms with Crippen LogP contribution in [0.1, 0.15) is 19.2 Å². The fourth-order valence-corrected chi connectivity index (χ4v) is 2.04. The fourth-order valence-electron chi connectivity index (χ4n) is 2.04. The number of rotatable bonds is 4. The normalized spacial score (nSPS) is 11.1. The minimum Gasteiger partial charge on any atom is -0.382 e. The number of hydrogen-bond donors (Lipinski definition) is 1. The SMILES string of the molecule is CC(=O)CCc1nc(N)c2nc(-n3ccnn3)n(C)c2n1. The summed E-state index contributed by atoms with van der Waals surface area (Å²) in [6.45, 7) is 1.54. The number of carbonyl (C=O) groups excluding carboxylic acids is 1. The number of aryl methyl sites for hydroxylation is 2. The molecule has 3 aromatic rings. The molecule has 9 nitrogen and oxygen atoms in total. The summed E-state index contributed by atoms with van der Waals surface area (Å²) in [6.07, 6.45) is 4.09. The highest BCUT2D eigenvalue weighted by Crippen LogP contribution is 2.20. The van der Waals surface area contributed by atoms with E-state index >= 15 is 0 Å². The molecule has 108 valence electrons. The molecular formula is C12H14N8O. The first-order chi connectivity index (χ1) is 10.1. The Morgan fingerprint density at radius 1 is 1.33 bits per heavy atom. The van der Waals surface area contributed by atoms with Gasteiger partial charge < -0.3 is 10.5 Å². The molecule has 0 aromatic carbocycles. The van der Waals surface area contributed by atoms with Crippen LogP contribution >= 0.6 is 0 Å². The Hall–Kier alpha value is -2.84. The fraction of sp³-hybridized carbons (Fsp3) is 0.333. The average Bonchev–Trinajstić information content (AvgIpc) is 3.05. The molecule has 0 spiro atoms. The van der Waals surface area contributed by atoms with Crippen molar-refractivity contribution in [1.82, 2.24) is 34.5 Å². The largest absolute Gasteiger partial charge is 0.382 e. The van der Waals surface area contributed by atoms with Crippen molar-refractivity contribution in [3.05, 3.63) is 18.2 Å². The van der Waals surface area contributed by atoms with Gasteiger partial charge in [0.25, 0.3) is 0 Å². The molecule has 3 heterocycles. The lowest BCUT2D eigenvalue weighted by atomic mass is 10.2. The Morgan fingerprint density at radius 3 is 2.81 bits per heavy atom. The van der Waals surface area contributed by atoms with Crippen LogP contribution in [0.25, 0.3) is 17.1 Å². The smallest absolute Gasteiger partial charge is 0.234 e. The Bertz CT molecular complexity index is 804. The Kier molecular flexibility index (Phi) is 3.09. The molecule has 0 aliphatic heterocycles. The highest BCUT2D eigenvalue weighted by atomic mass is 16.1. The molecule has 3 rings (SSSR count). The molecular weight excluding hydrogens is 272 g/mol. The average molecular weight is 286 g/mol. The van der Waals surface area contributed by atoms with E-state index < -0.39 is 0 Å². The molecule has 0 amide bonds. The summed E-state index contributed by atoms with van der Waals surface area (Å²) in [4.78, 5) is 24.1. The predicted octanol–water partition coefficient (Wildman–Crippen LogP) is 0.0478. The summed E-state index contributed by atoms with van der Waals surface area (Å²) in [5.41, 5.74) is 7.05. The van der Waals surface area contributed by atoms with Crippen molar-refractivity contribution in [2.75, 3.05) is 5.73 Å². The Morgan fingerprint density at radius 2 is 2.14 bits per heavy atom. The summed E-state index contributed by atoms with van der Waals surface area (Å²) >= 11 is 0. The lowest BCUT2D eigenvalue weighted by Crippen LogP contribution is -2.06. The quantitative estimate of drug-likeness (QED) is 0.719. The van der Waals surface area contributed by atoms with Gasteiger partial charge in [-0.05, 0) is 6.92 Å². The second-order valence-electron chi connectivity index (χ2n) is 4.72. The first kappa shape index (κ1) is 13.2. The van der Waals surface area contributed by atoms with Crippen molar-refractivity contribution in [2.45, 2.75) is 19.8 Å². The molecule has 0 bridgehead atoms. The molecule has 9 heteroatoms. The second-order valence-corrected chi connectivity index (χ2v) is 4.72. The van der Waals surface area contributed by atoms with Crippen molar-refractivity contribution in [2.24, 2.45) is 7.05 Å². The van der Waals surface area contributed by atoms with Crippen LogP contribution in [-0.4, -0.2) is 40.3 Å². The monoisotopic (exact) mass is 286 g/mol. The minimum absolute atomic E-state index is 0.0885. The number of aromatic nitrogens is 7. The van der Waals surface area contributed by atoms with E-state index in [-0.39, 0.29) is 5.78 Å². The van der Waals surface area contributed by atoms with Crippen LogP contribution in [-0.2, 0) is 18.3 Å². The van der Waals surface area contributed by atoms with Gasteiger partial charge in [0, 0.05) is 19.9 Å². The van der Waals surface area contributed by atoms with Gasteiger partial charge in [0.2, 0.25) is 5.95 Å². The van der Waals surface area contributed by atoms with Crippen LogP contribution in [0.2, 0.25) is 0 Å². The van der Waals surface area contributed by atoms with Crippen LogP contribution in [0.4, 0.5) is 5.82 Å². The maximum Gasteiger partial charge on any atom is 0.234 e. The van der Waals surface area contributed by atoms with Gasteiger partial charge in [-0.3, -0.25) is 4.57 Å². The number of nitrogens with two attached hydrogens (primary N) is 1. The third-order valence-corrected chi connectivity index (χ3v) is 3.10. The third-order valence-electron chi connectivity index (χ3n) is 3.10. The first-order valence-corrected chi connectivity index (χ1v) is 6.41. The Labute approximate surface area is 119 Å². The first-order valence-electron chi connectivity index (χ1n) is 6.41. The van der Waals surface area contributed by atoms with Crippen LogP contribution in [0.3, 0.4) is 0 Å². The molecule has 0 saturated carbocycles. The molecule has 0 unspecified atom stereocenters. The van der Waals surface area contributed by atoms with E-state index in [1.165, 1.54) is 11.6 Å². The molecule has 0 radical (unpaired) electrons. The summed E-state index contributed by atoms with van der Waals surface area (Å²) in [5, 5.41) is 7.66. The van der Waals surface area contributed by atoms with Gasteiger partial charge >= 0.3 is 0 Å². The summed E-state index contributed by atoms with van der Waals surface area (Å²) < 4.78 is 3.29. The van der Waals surface area contributed by atoms with Crippen molar-refractivity contribution < 1.29 is 4.79 Å². The van der Waals surface area contributed by atoms with Crippen molar-refractivity contribution in [1.29, 1.82) is 0 Å². The zero-order valence-corrected chi connectivity index (χ0v) is 11.7. The number of fused-ring (bicyclic) bond motifs is 1. The molecule has 0 aliphatic rings.